The zero-order valence-electron chi connectivity index (χ0n) is 10.7. The van der Waals surface area contributed by atoms with E-state index in [1.807, 2.05) is 31.3 Å². The normalized spacial score (nSPS) is 19.6. The van der Waals surface area contributed by atoms with Crippen molar-refractivity contribution >= 4 is 27.5 Å². The fourth-order valence-corrected chi connectivity index (χ4v) is 2.52. The van der Waals surface area contributed by atoms with Gasteiger partial charge in [0.15, 0.2) is 0 Å². The van der Waals surface area contributed by atoms with E-state index in [4.69, 9.17) is 0 Å². The van der Waals surface area contributed by atoms with Crippen LogP contribution in [0.15, 0.2) is 28.7 Å². The third kappa shape index (κ3) is 3.56. The van der Waals surface area contributed by atoms with Gasteiger partial charge in [-0.25, -0.2) is 0 Å². The van der Waals surface area contributed by atoms with Crippen molar-refractivity contribution in [3.05, 3.63) is 28.7 Å². The molecule has 2 rings (SSSR count). The Bertz CT molecular complexity index is 399. The van der Waals surface area contributed by atoms with Crippen LogP contribution in [-0.2, 0) is 4.79 Å². The van der Waals surface area contributed by atoms with Gasteiger partial charge in [-0.05, 0) is 43.7 Å². The van der Waals surface area contributed by atoms with E-state index in [-0.39, 0.29) is 5.91 Å². The summed E-state index contributed by atoms with van der Waals surface area (Å²) >= 11 is 3.40. The highest BCUT2D eigenvalue weighted by Crippen LogP contribution is 2.19. The van der Waals surface area contributed by atoms with Gasteiger partial charge < -0.3 is 10.2 Å². The molecule has 1 N–H and O–H groups in total. The number of carbonyl (C=O) groups is 1. The SMILES string of the molecule is CN(C(=O)CC1CCCCN1)c1ccc(Br)cc1. The molecule has 0 saturated carbocycles. The van der Waals surface area contributed by atoms with Gasteiger partial charge in [0, 0.05) is 29.7 Å². The summed E-state index contributed by atoms with van der Waals surface area (Å²) in [6, 6.07) is 8.17. The topological polar surface area (TPSA) is 32.3 Å². The first-order chi connectivity index (χ1) is 8.66. The second-order valence-corrected chi connectivity index (χ2v) is 5.70. The van der Waals surface area contributed by atoms with Crippen LogP contribution in [0.25, 0.3) is 0 Å². The summed E-state index contributed by atoms with van der Waals surface area (Å²) in [4.78, 5) is 13.9. The molecule has 0 radical (unpaired) electrons. The number of hydrogen-bond acceptors (Lipinski definition) is 2. The predicted molar refractivity (Wildman–Crippen MR) is 77.8 cm³/mol. The molecule has 0 aliphatic carbocycles. The number of halogens is 1. The van der Waals surface area contributed by atoms with Gasteiger partial charge in [-0.2, -0.15) is 0 Å². The van der Waals surface area contributed by atoms with E-state index in [1.54, 1.807) is 4.90 Å². The summed E-state index contributed by atoms with van der Waals surface area (Å²) < 4.78 is 1.03. The van der Waals surface area contributed by atoms with Crippen LogP contribution in [0.5, 0.6) is 0 Å². The molecule has 1 aliphatic heterocycles. The monoisotopic (exact) mass is 310 g/mol. The summed E-state index contributed by atoms with van der Waals surface area (Å²) in [6.07, 6.45) is 4.16. The third-order valence-corrected chi connectivity index (χ3v) is 3.95. The van der Waals surface area contributed by atoms with Crippen LogP contribution in [-0.4, -0.2) is 25.5 Å². The molecule has 1 amide bonds. The van der Waals surface area contributed by atoms with Crippen molar-refractivity contribution in [2.45, 2.75) is 31.7 Å². The number of benzene rings is 1. The highest BCUT2D eigenvalue weighted by Gasteiger charge is 2.19. The van der Waals surface area contributed by atoms with Crippen LogP contribution in [0.1, 0.15) is 25.7 Å². The van der Waals surface area contributed by atoms with Gasteiger partial charge in [0.2, 0.25) is 5.91 Å². The van der Waals surface area contributed by atoms with E-state index >= 15 is 0 Å². The van der Waals surface area contributed by atoms with Crippen molar-refractivity contribution in [3.63, 3.8) is 0 Å². The standard InChI is InChI=1S/C14H19BrN2O/c1-17(13-7-5-11(15)6-8-13)14(18)10-12-4-2-3-9-16-12/h5-8,12,16H,2-4,9-10H2,1H3. The number of nitrogens with zero attached hydrogens (tertiary/aromatic N) is 1. The Morgan fingerprint density at radius 3 is 2.72 bits per heavy atom. The lowest BCUT2D eigenvalue weighted by Gasteiger charge is -2.25. The van der Waals surface area contributed by atoms with Crippen LogP contribution in [0.3, 0.4) is 0 Å². The number of piperidine rings is 1. The average molecular weight is 311 g/mol. The molecule has 1 aromatic carbocycles. The van der Waals surface area contributed by atoms with Gasteiger partial charge in [-0.1, -0.05) is 22.4 Å². The number of rotatable bonds is 3. The number of anilines is 1. The smallest absolute Gasteiger partial charge is 0.228 e. The van der Waals surface area contributed by atoms with Gasteiger partial charge in [-0.3, -0.25) is 4.79 Å². The van der Waals surface area contributed by atoms with Gasteiger partial charge in [0.05, 0.1) is 0 Å². The number of nitrogens with one attached hydrogen (secondary N) is 1. The minimum absolute atomic E-state index is 0.178. The van der Waals surface area contributed by atoms with Crippen molar-refractivity contribution in [3.8, 4) is 0 Å². The van der Waals surface area contributed by atoms with E-state index in [1.165, 1.54) is 12.8 Å². The van der Waals surface area contributed by atoms with Crippen LogP contribution < -0.4 is 10.2 Å². The molecule has 3 nitrogen and oxygen atoms in total. The van der Waals surface area contributed by atoms with Gasteiger partial charge >= 0.3 is 0 Å². The molecule has 1 unspecified atom stereocenters. The van der Waals surface area contributed by atoms with Gasteiger partial charge in [0.1, 0.15) is 0 Å². The maximum Gasteiger partial charge on any atom is 0.228 e. The Balaban J connectivity index is 1.93. The molecule has 18 heavy (non-hydrogen) atoms. The summed E-state index contributed by atoms with van der Waals surface area (Å²) in [5.41, 5.74) is 0.944. The summed E-state index contributed by atoms with van der Waals surface area (Å²) in [7, 11) is 1.84. The molecule has 1 saturated heterocycles. The molecule has 1 fully saturated rings. The molecule has 1 aliphatic rings. The minimum atomic E-state index is 0.178. The largest absolute Gasteiger partial charge is 0.315 e. The first-order valence-electron chi connectivity index (χ1n) is 6.42. The highest BCUT2D eigenvalue weighted by atomic mass is 79.9. The van der Waals surface area contributed by atoms with Crippen LogP contribution in [0, 0.1) is 0 Å². The highest BCUT2D eigenvalue weighted by molar-refractivity contribution is 9.10. The Morgan fingerprint density at radius 1 is 1.39 bits per heavy atom. The lowest BCUT2D eigenvalue weighted by molar-refractivity contribution is -0.118. The first-order valence-corrected chi connectivity index (χ1v) is 7.21. The Kier molecular flexibility index (Phi) is 4.78. The van der Waals surface area contributed by atoms with E-state index in [0.29, 0.717) is 12.5 Å². The van der Waals surface area contributed by atoms with E-state index in [0.717, 1.165) is 23.1 Å². The van der Waals surface area contributed by atoms with E-state index < -0.39 is 0 Å². The molecule has 0 spiro atoms. The van der Waals surface area contributed by atoms with Gasteiger partial charge in [0.25, 0.3) is 0 Å². The van der Waals surface area contributed by atoms with Crippen molar-refractivity contribution in [1.82, 2.24) is 5.32 Å². The number of carbonyl (C=O) groups excluding carboxylic acids is 1. The first kappa shape index (κ1) is 13.6. The number of amides is 1. The maximum atomic E-state index is 12.2. The van der Waals surface area contributed by atoms with Crippen molar-refractivity contribution in [2.75, 3.05) is 18.5 Å². The Labute approximate surface area is 117 Å². The maximum absolute atomic E-state index is 12.2. The van der Waals surface area contributed by atoms with E-state index in [2.05, 4.69) is 21.2 Å². The second-order valence-electron chi connectivity index (χ2n) is 4.78. The molecule has 0 aromatic heterocycles. The Hall–Kier alpha value is -0.870. The molecule has 1 heterocycles. The molecule has 0 bridgehead atoms. The Morgan fingerprint density at radius 2 is 2.11 bits per heavy atom. The zero-order valence-corrected chi connectivity index (χ0v) is 12.2. The van der Waals surface area contributed by atoms with Crippen LogP contribution in [0.2, 0.25) is 0 Å². The fraction of sp³-hybridized carbons (Fsp3) is 0.500. The quantitative estimate of drug-likeness (QED) is 0.931. The second kappa shape index (κ2) is 6.34. The molecular weight excluding hydrogens is 292 g/mol. The van der Waals surface area contributed by atoms with E-state index in [9.17, 15) is 4.79 Å². The zero-order chi connectivity index (χ0) is 13.0. The van der Waals surface area contributed by atoms with Crippen molar-refractivity contribution < 1.29 is 4.79 Å². The molecular formula is C14H19BrN2O. The number of hydrogen-bond donors (Lipinski definition) is 1. The minimum Gasteiger partial charge on any atom is -0.315 e. The van der Waals surface area contributed by atoms with Crippen LogP contribution in [0.4, 0.5) is 5.69 Å². The predicted octanol–water partition coefficient (Wildman–Crippen LogP) is 2.94. The lowest BCUT2D eigenvalue weighted by Crippen LogP contribution is -2.39. The molecule has 98 valence electrons. The summed E-state index contributed by atoms with van der Waals surface area (Å²) in [5, 5.41) is 3.41. The van der Waals surface area contributed by atoms with Gasteiger partial charge in [-0.15, -0.1) is 0 Å². The lowest BCUT2D eigenvalue weighted by atomic mass is 10.0. The van der Waals surface area contributed by atoms with Crippen molar-refractivity contribution in [1.29, 1.82) is 0 Å². The summed E-state index contributed by atoms with van der Waals surface area (Å²) in [6.45, 7) is 1.04. The fourth-order valence-electron chi connectivity index (χ4n) is 2.25. The van der Waals surface area contributed by atoms with Crippen LogP contribution >= 0.6 is 15.9 Å². The van der Waals surface area contributed by atoms with Crippen molar-refractivity contribution in [2.24, 2.45) is 0 Å². The molecule has 4 heteroatoms. The third-order valence-electron chi connectivity index (χ3n) is 3.42. The average Bonchev–Trinajstić information content (AvgIpc) is 2.40. The molecule has 1 atom stereocenters. The molecule has 1 aromatic rings. The summed E-state index contributed by atoms with van der Waals surface area (Å²) in [5.74, 6) is 0.178.